The Hall–Kier alpha value is -2.77. The number of benzene rings is 1. The smallest absolute Gasteiger partial charge is 0.254 e. The van der Waals surface area contributed by atoms with Gasteiger partial charge in [-0.3, -0.25) is 14.3 Å². The van der Waals surface area contributed by atoms with E-state index < -0.39 is 23.4 Å². The number of carbonyl (C=O) groups excluding carboxylic acids is 2. The quantitative estimate of drug-likeness (QED) is 0.899. The fourth-order valence-corrected chi connectivity index (χ4v) is 2.07. The van der Waals surface area contributed by atoms with Gasteiger partial charge in [0.1, 0.15) is 11.6 Å². The fourth-order valence-electron chi connectivity index (χ4n) is 2.07. The second-order valence-electron chi connectivity index (χ2n) is 5.02. The molecule has 2 rings (SSSR count). The lowest BCUT2D eigenvalue weighted by Crippen LogP contribution is -2.33. The molecule has 0 unspecified atom stereocenters. The molecule has 0 aliphatic rings. The molecule has 2 amide bonds. The van der Waals surface area contributed by atoms with Crippen molar-refractivity contribution in [1.29, 1.82) is 0 Å². The van der Waals surface area contributed by atoms with Gasteiger partial charge in [-0.2, -0.15) is 5.10 Å². The molecule has 0 fully saturated rings. The number of nitrogens with zero attached hydrogens (tertiary/aromatic N) is 2. The maximum absolute atomic E-state index is 13.5. The highest BCUT2D eigenvalue weighted by atomic mass is 19.1. The van der Waals surface area contributed by atoms with Crippen molar-refractivity contribution < 1.29 is 18.4 Å². The topological polar surface area (TPSA) is 76.0 Å². The van der Waals surface area contributed by atoms with E-state index in [-0.39, 0.29) is 12.1 Å². The number of rotatable bonds is 4. The summed E-state index contributed by atoms with van der Waals surface area (Å²) in [5, 5.41) is 9.08. The first-order valence-corrected chi connectivity index (χ1v) is 6.83. The molecule has 0 spiro atoms. The highest BCUT2D eigenvalue weighted by Gasteiger charge is 2.15. The maximum atomic E-state index is 13.5. The number of halogens is 2. The number of aromatic nitrogens is 2. The number of hydrogen-bond donors (Lipinski definition) is 2. The van der Waals surface area contributed by atoms with Gasteiger partial charge in [-0.15, -0.1) is 0 Å². The highest BCUT2D eigenvalue weighted by Crippen LogP contribution is 2.17. The molecular weight excluding hydrogens is 306 g/mol. The third kappa shape index (κ3) is 3.71. The van der Waals surface area contributed by atoms with Gasteiger partial charge in [0, 0.05) is 13.1 Å². The van der Waals surface area contributed by atoms with E-state index in [9.17, 15) is 18.4 Å². The lowest BCUT2D eigenvalue weighted by molar-refractivity contribution is -0.115. The molecule has 0 radical (unpaired) electrons. The zero-order valence-electron chi connectivity index (χ0n) is 12.9. The lowest BCUT2D eigenvalue weighted by atomic mass is 10.2. The van der Waals surface area contributed by atoms with Crippen molar-refractivity contribution in [3.63, 3.8) is 0 Å². The van der Waals surface area contributed by atoms with Crippen LogP contribution in [0.5, 0.6) is 0 Å². The average molecular weight is 322 g/mol. The third-order valence-corrected chi connectivity index (χ3v) is 3.36. The molecule has 0 aliphatic heterocycles. The van der Waals surface area contributed by atoms with Crippen LogP contribution in [-0.4, -0.2) is 28.1 Å². The largest absolute Gasteiger partial charge is 0.343 e. The van der Waals surface area contributed by atoms with Crippen LogP contribution in [0.4, 0.5) is 14.5 Å². The molecule has 122 valence electrons. The van der Waals surface area contributed by atoms with Gasteiger partial charge in [-0.25, -0.2) is 8.78 Å². The Morgan fingerprint density at radius 3 is 2.52 bits per heavy atom. The maximum Gasteiger partial charge on any atom is 0.254 e. The summed E-state index contributed by atoms with van der Waals surface area (Å²) in [6.45, 7) is 3.20. The van der Waals surface area contributed by atoms with Crippen molar-refractivity contribution in [3.8, 4) is 0 Å². The van der Waals surface area contributed by atoms with Crippen LogP contribution in [0.3, 0.4) is 0 Å². The second kappa shape index (κ2) is 6.55. The minimum atomic E-state index is -0.984. The molecule has 2 aromatic rings. The van der Waals surface area contributed by atoms with Gasteiger partial charge in [-0.1, -0.05) is 0 Å². The van der Waals surface area contributed by atoms with Gasteiger partial charge in [0.25, 0.3) is 5.91 Å². The fraction of sp³-hybridized carbons (Fsp3) is 0.267. The van der Waals surface area contributed by atoms with Crippen molar-refractivity contribution >= 4 is 17.5 Å². The summed E-state index contributed by atoms with van der Waals surface area (Å²) in [4.78, 5) is 23.7. The monoisotopic (exact) mass is 322 g/mol. The van der Waals surface area contributed by atoms with Crippen molar-refractivity contribution in [2.24, 2.45) is 7.05 Å². The van der Waals surface area contributed by atoms with Crippen LogP contribution in [0.25, 0.3) is 0 Å². The Morgan fingerprint density at radius 2 is 1.96 bits per heavy atom. The van der Waals surface area contributed by atoms with Crippen LogP contribution in [0.2, 0.25) is 0 Å². The zero-order chi connectivity index (χ0) is 17.1. The van der Waals surface area contributed by atoms with E-state index in [1.54, 1.807) is 25.6 Å². The first kappa shape index (κ1) is 16.6. The standard InChI is InChI=1S/C15H16F2N4O2/c1-8-14(9(2)21(3)20-8)19-13(22)7-18-15(23)11-5-4-10(16)6-12(11)17/h4-6H,7H2,1-3H3,(H,18,23)(H,19,22). The minimum absolute atomic E-state index is 0.326. The van der Waals surface area contributed by atoms with Gasteiger partial charge in [-0.05, 0) is 26.0 Å². The normalized spacial score (nSPS) is 10.5. The van der Waals surface area contributed by atoms with Gasteiger partial charge in [0.2, 0.25) is 5.91 Å². The summed E-state index contributed by atoms with van der Waals surface area (Å²) in [7, 11) is 1.75. The van der Waals surface area contributed by atoms with E-state index in [2.05, 4.69) is 15.7 Å². The molecule has 0 bridgehead atoms. The van der Waals surface area contributed by atoms with Gasteiger partial charge < -0.3 is 10.6 Å². The predicted molar refractivity (Wildman–Crippen MR) is 80.0 cm³/mol. The lowest BCUT2D eigenvalue weighted by Gasteiger charge is -2.08. The van der Waals surface area contributed by atoms with Crippen LogP contribution >= 0.6 is 0 Å². The Morgan fingerprint density at radius 1 is 1.26 bits per heavy atom. The van der Waals surface area contributed by atoms with E-state index in [0.717, 1.165) is 17.8 Å². The van der Waals surface area contributed by atoms with E-state index in [1.165, 1.54) is 0 Å². The molecule has 0 aliphatic carbocycles. The van der Waals surface area contributed by atoms with Crippen LogP contribution in [0.1, 0.15) is 21.7 Å². The summed E-state index contributed by atoms with van der Waals surface area (Å²) in [6.07, 6.45) is 0. The number of carbonyl (C=O) groups is 2. The SMILES string of the molecule is Cc1nn(C)c(C)c1NC(=O)CNC(=O)c1ccc(F)cc1F. The van der Waals surface area contributed by atoms with Gasteiger partial charge >= 0.3 is 0 Å². The number of nitrogens with one attached hydrogen (secondary N) is 2. The van der Waals surface area contributed by atoms with Crippen molar-refractivity contribution in [3.05, 3.63) is 46.8 Å². The zero-order valence-corrected chi connectivity index (χ0v) is 12.9. The summed E-state index contributed by atoms with van der Waals surface area (Å²) >= 11 is 0. The molecule has 1 aromatic carbocycles. The summed E-state index contributed by atoms with van der Waals surface area (Å²) < 4.78 is 27.9. The number of amides is 2. The molecule has 1 aromatic heterocycles. The molecular formula is C15H16F2N4O2. The van der Waals surface area contributed by atoms with Crippen LogP contribution < -0.4 is 10.6 Å². The van der Waals surface area contributed by atoms with E-state index in [0.29, 0.717) is 17.4 Å². The van der Waals surface area contributed by atoms with Crippen LogP contribution in [0, 0.1) is 25.5 Å². The van der Waals surface area contributed by atoms with E-state index in [4.69, 9.17) is 0 Å². The van der Waals surface area contributed by atoms with Crippen LogP contribution in [-0.2, 0) is 11.8 Å². The Kier molecular flexibility index (Phi) is 4.73. The molecule has 1 heterocycles. The Labute approximate surface area is 131 Å². The number of aryl methyl sites for hydroxylation is 2. The van der Waals surface area contributed by atoms with Gasteiger partial charge in [0.15, 0.2) is 0 Å². The van der Waals surface area contributed by atoms with Crippen molar-refractivity contribution in [2.75, 3.05) is 11.9 Å². The molecule has 6 nitrogen and oxygen atoms in total. The molecule has 0 atom stereocenters. The second-order valence-corrected chi connectivity index (χ2v) is 5.02. The molecule has 0 saturated carbocycles. The van der Waals surface area contributed by atoms with Crippen LogP contribution in [0.15, 0.2) is 18.2 Å². The summed E-state index contributed by atoms with van der Waals surface area (Å²) in [5.41, 5.74) is 1.66. The Balaban J connectivity index is 1.97. The first-order chi connectivity index (χ1) is 10.8. The summed E-state index contributed by atoms with van der Waals surface area (Å²) in [5.74, 6) is -3.03. The molecule has 0 saturated heterocycles. The number of hydrogen-bond acceptors (Lipinski definition) is 3. The molecule has 8 heteroatoms. The Bertz CT molecular complexity index is 771. The highest BCUT2D eigenvalue weighted by molar-refractivity contribution is 5.99. The first-order valence-electron chi connectivity index (χ1n) is 6.83. The molecule has 2 N–H and O–H groups in total. The van der Waals surface area contributed by atoms with Crippen molar-refractivity contribution in [1.82, 2.24) is 15.1 Å². The van der Waals surface area contributed by atoms with E-state index >= 15 is 0 Å². The third-order valence-electron chi connectivity index (χ3n) is 3.36. The van der Waals surface area contributed by atoms with E-state index in [1.807, 2.05) is 0 Å². The van der Waals surface area contributed by atoms with Crippen molar-refractivity contribution in [2.45, 2.75) is 13.8 Å². The number of anilines is 1. The van der Waals surface area contributed by atoms with Gasteiger partial charge in [0.05, 0.1) is 29.2 Å². The average Bonchev–Trinajstić information content (AvgIpc) is 2.71. The minimum Gasteiger partial charge on any atom is -0.343 e. The predicted octanol–water partition coefficient (Wildman–Crippen LogP) is 1.68. The summed E-state index contributed by atoms with van der Waals surface area (Å²) in [6, 6.07) is 2.60. The molecule has 23 heavy (non-hydrogen) atoms.